The fraction of sp³-hybridized carbons (Fsp3) is 0.211. The molecular weight excluding hydrogens is 337 g/mol. The average molecular weight is 357 g/mol. The number of hydrogen-bond acceptors (Lipinski definition) is 5. The van der Waals surface area contributed by atoms with Crippen molar-refractivity contribution in [3.8, 4) is 11.5 Å². The smallest absolute Gasteiger partial charge is 0.258 e. The van der Waals surface area contributed by atoms with E-state index in [2.05, 4.69) is 0 Å². The van der Waals surface area contributed by atoms with E-state index in [1.165, 1.54) is 43.5 Å². The van der Waals surface area contributed by atoms with E-state index in [1.54, 1.807) is 12.1 Å². The van der Waals surface area contributed by atoms with E-state index in [4.69, 9.17) is 20.9 Å². The highest BCUT2D eigenvalue weighted by molar-refractivity contribution is 6.02. The number of halogens is 1. The Kier molecular flexibility index (Phi) is 4.71. The molecule has 3 rings (SSSR count). The first-order chi connectivity index (χ1) is 12.5. The van der Waals surface area contributed by atoms with Gasteiger partial charge in [0.15, 0.2) is 11.5 Å². The zero-order valence-corrected chi connectivity index (χ0v) is 14.6. The van der Waals surface area contributed by atoms with Gasteiger partial charge < -0.3 is 25.8 Å². The Bertz CT molecular complexity index is 896. The second-order valence-electron chi connectivity index (χ2n) is 5.85. The molecule has 1 aliphatic heterocycles. The number of anilines is 1. The van der Waals surface area contributed by atoms with Crippen LogP contribution < -0.4 is 20.9 Å². The van der Waals surface area contributed by atoms with Gasteiger partial charge in [0.05, 0.1) is 19.9 Å². The van der Waals surface area contributed by atoms with E-state index in [1.807, 2.05) is 0 Å². The van der Waals surface area contributed by atoms with Crippen LogP contribution in [0.15, 0.2) is 36.5 Å². The third kappa shape index (κ3) is 2.92. The van der Waals surface area contributed by atoms with Gasteiger partial charge in [-0.2, -0.15) is 0 Å². The van der Waals surface area contributed by atoms with Crippen molar-refractivity contribution in [2.24, 2.45) is 5.73 Å². The van der Waals surface area contributed by atoms with Crippen molar-refractivity contribution in [3.63, 3.8) is 0 Å². The van der Waals surface area contributed by atoms with Gasteiger partial charge in [-0.25, -0.2) is 4.39 Å². The zero-order valence-electron chi connectivity index (χ0n) is 14.6. The van der Waals surface area contributed by atoms with E-state index in [0.29, 0.717) is 52.5 Å². The fourth-order valence-corrected chi connectivity index (χ4v) is 3.13. The number of amides is 1. The predicted molar refractivity (Wildman–Crippen MR) is 97.3 cm³/mol. The maximum absolute atomic E-state index is 13.4. The maximum Gasteiger partial charge on any atom is 0.258 e. The maximum atomic E-state index is 13.4. The minimum atomic E-state index is -0.358. The molecule has 1 heterocycles. The Morgan fingerprint density at radius 2 is 1.88 bits per heavy atom. The van der Waals surface area contributed by atoms with Crippen LogP contribution in [0.3, 0.4) is 0 Å². The molecule has 0 saturated carbocycles. The van der Waals surface area contributed by atoms with Gasteiger partial charge in [-0.3, -0.25) is 4.79 Å². The summed E-state index contributed by atoms with van der Waals surface area (Å²) in [5.74, 6) is 0.347. The second-order valence-corrected chi connectivity index (χ2v) is 5.85. The Morgan fingerprint density at radius 3 is 2.54 bits per heavy atom. The average Bonchev–Trinajstić information content (AvgIpc) is 2.64. The van der Waals surface area contributed by atoms with E-state index in [9.17, 15) is 9.18 Å². The summed E-state index contributed by atoms with van der Waals surface area (Å²) >= 11 is 0. The Morgan fingerprint density at radius 1 is 1.19 bits per heavy atom. The highest BCUT2D eigenvalue weighted by atomic mass is 19.1. The van der Waals surface area contributed by atoms with Crippen molar-refractivity contribution in [1.82, 2.24) is 4.90 Å². The van der Waals surface area contributed by atoms with Gasteiger partial charge >= 0.3 is 0 Å². The van der Waals surface area contributed by atoms with Crippen LogP contribution in [0.4, 0.5) is 10.1 Å². The Balaban J connectivity index is 2.03. The minimum Gasteiger partial charge on any atom is -0.493 e. The van der Waals surface area contributed by atoms with Crippen LogP contribution in [0, 0.1) is 5.82 Å². The Labute approximate surface area is 150 Å². The molecule has 2 aromatic carbocycles. The molecule has 2 aromatic rings. The SMILES string of the molecule is COc1cc(N)c(/C(=C\N)N2CCc3cc(F)ccc3C2=O)cc1OC. The van der Waals surface area contributed by atoms with Crippen LogP contribution in [-0.4, -0.2) is 31.6 Å². The molecule has 6 nitrogen and oxygen atoms in total. The summed E-state index contributed by atoms with van der Waals surface area (Å²) in [5.41, 5.74) is 14.5. The van der Waals surface area contributed by atoms with Crippen LogP contribution in [0.1, 0.15) is 21.5 Å². The van der Waals surface area contributed by atoms with Crippen molar-refractivity contribution in [2.75, 3.05) is 26.5 Å². The lowest BCUT2D eigenvalue weighted by Gasteiger charge is -2.31. The van der Waals surface area contributed by atoms with Crippen molar-refractivity contribution >= 4 is 17.3 Å². The summed E-state index contributed by atoms with van der Waals surface area (Å²) in [6.07, 6.45) is 1.85. The van der Waals surface area contributed by atoms with E-state index < -0.39 is 0 Å². The van der Waals surface area contributed by atoms with E-state index >= 15 is 0 Å². The number of nitrogen functional groups attached to an aromatic ring is 1. The first-order valence-electron chi connectivity index (χ1n) is 8.04. The number of nitrogens with zero attached hydrogens (tertiary/aromatic N) is 1. The van der Waals surface area contributed by atoms with Crippen LogP contribution in [0.2, 0.25) is 0 Å². The molecule has 0 atom stereocenters. The van der Waals surface area contributed by atoms with Crippen molar-refractivity contribution in [2.45, 2.75) is 6.42 Å². The topological polar surface area (TPSA) is 90.8 Å². The molecule has 0 spiro atoms. The fourth-order valence-electron chi connectivity index (χ4n) is 3.13. The number of fused-ring (bicyclic) bond motifs is 1. The monoisotopic (exact) mass is 357 g/mol. The number of methoxy groups -OCH3 is 2. The van der Waals surface area contributed by atoms with Gasteiger partial charge in [0.1, 0.15) is 5.82 Å². The standard InChI is InChI=1S/C19H20FN3O3/c1-25-17-8-14(15(22)9-18(17)26-2)16(10-21)23-6-5-11-7-12(20)3-4-13(11)19(23)24/h3-4,7-10H,5-6,21-22H2,1-2H3/b16-10+. The lowest BCUT2D eigenvalue weighted by Crippen LogP contribution is -2.36. The summed E-state index contributed by atoms with van der Waals surface area (Å²) in [6, 6.07) is 7.46. The summed E-state index contributed by atoms with van der Waals surface area (Å²) in [4.78, 5) is 14.4. The molecule has 26 heavy (non-hydrogen) atoms. The van der Waals surface area contributed by atoms with Gasteiger partial charge in [0.25, 0.3) is 5.91 Å². The lowest BCUT2D eigenvalue weighted by molar-refractivity contribution is 0.0822. The molecule has 1 amide bonds. The van der Waals surface area contributed by atoms with Crippen LogP contribution >= 0.6 is 0 Å². The molecule has 0 aliphatic carbocycles. The van der Waals surface area contributed by atoms with Crippen LogP contribution in [-0.2, 0) is 6.42 Å². The van der Waals surface area contributed by atoms with Gasteiger partial charge in [-0.15, -0.1) is 0 Å². The largest absolute Gasteiger partial charge is 0.493 e. The number of benzene rings is 2. The van der Waals surface area contributed by atoms with Gasteiger partial charge in [-0.05, 0) is 36.2 Å². The highest BCUT2D eigenvalue weighted by Gasteiger charge is 2.29. The number of ether oxygens (including phenoxy) is 2. The number of rotatable bonds is 4. The number of nitrogens with two attached hydrogens (primary N) is 2. The molecule has 4 N–H and O–H groups in total. The van der Waals surface area contributed by atoms with Gasteiger partial charge in [0.2, 0.25) is 0 Å². The highest BCUT2D eigenvalue weighted by Crippen LogP contribution is 2.37. The van der Waals surface area contributed by atoms with Crippen molar-refractivity contribution < 1.29 is 18.7 Å². The summed E-state index contributed by atoms with van der Waals surface area (Å²) in [7, 11) is 3.03. The van der Waals surface area contributed by atoms with Crippen LogP contribution in [0.25, 0.3) is 5.70 Å². The quantitative estimate of drug-likeness (QED) is 0.820. The minimum absolute atomic E-state index is 0.253. The van der Waals surface area contributed by atoms with E-state index in [-0.39, 0.29) is 11.7 Å². The molecule has 0 bridgehead atoms. The second kappa shape index (κ2) is 6.95. The van der Waals surface area contributed by atoms with Gasteiger partial charge in [-0.1, -0.05) is 0 Å². The summed E-state index contributed by atoms with van der Waals surface area (Å²) in [5, 5.41) is 0. The molecule has 0 aromatic heterocycles. The first kappa shape index (κ1) is 17.6. The van der Waals surface area contributed by atoms with Crippen molar-refractivity contribution in [3.05, 3.63) is 59.0 Å². The summed E-state index contributed by atoms with van der Waals surface area (Å²) in [6.45, 7) is 0.367. The van der Waals surface area contributed by atoms with Crippen molar-refractivity contribution in [1.29, 1.82) is 0 Å². The predicted octanol–water partition coefficient (Wildman–Crippen LogP) is 2.38. The third-order valence-electron chi connectivity index (χ3n) is 4.43. The summed E-state index contributed by atoms with van der Waals surface area (Å²) < 4.78 is 24.0. The normalized spacial score (nSPS) is 14.2. The molecule has 0 radical (unpaired) electrons. The third-order valence-corrected chi connectivity index (χ3v) is 4.43. The van der Waals surface area contributed by atoms with E-state index in [0.717, 1.165) is 0 Å². The molecule has 0 unspecified atom stereocenters. The number of carbonyl (C=O) groups excluding carboxylic acids is 1. The molecule has 0 fully saturated rings. The molecule has 0 saturated heterocycles. The molecular formula is C19H20FN3O3. The number of carbonyl (C=O) groups is 1. The molecule has 1 aliphatic rings. The van der Waals surface area contributed by atoms with Crippen LogP contribution in [0.5, 0.6) is 11.5 Å². The first-order valence-corrected chi connectivity index (χ1v) is 8.04. The molecule has 136 valence electrons. The number of hydrogen-bond donors (Lipinski definition) is 2. The zero-order chi connectivity index (χ0) is 18.8. The lowest BCUT2D eigenvalue weighted by atomic mass is 9.97. The molecule has 7 heteroatoms. The van der Waals surface area contributed by atoms with Gasteiger partial charge in [0, 0.05) is 35.6 Å². The Hall–Kier alpha value is -3.22.